The third-order valence-electron chi connectivity index (χ3n) is 3.36. The summed E-state index contributed by atoms with van der Waals surface area (Å²) in [6.07, 6.45) is -4.41. The van der Waals surface area contributed by atoms with Crippen LogP contribution in [-0.2, 0) is 0 Å². The number of rotatable bonds is 6. The molecule has 1 rings (SSSR count). The maximum atomic E-state index is 12.6. The monoisotopic (exact) mass is 303 g/mol. The fourth-order valence-electron chi connectivity index (χ4n) is 2.16. The summed E-state index contributed by atoms with van der Waals surface area (Å²) in [6.45, 7) is 3.16. The van der Waals surface area contributed by atoms with Crippen molar-refractivity contribution < 1.29 is 23.1 Å². The smallest absolute Gasteiger partial charge is 0.395 e. The van der Waals surface area contributed by atoms with Gasteiger partial charge in [0.2, 0.25) is 0 Å². The molecule has 1 unspecified atom stereocenters. The second-order valence-corrected chi connectivity index (χ2v) is 5.17. The van der Waals surface area contributed by atoms with Crippen LogP contribution in [0.4, 0.5) is 13.2 Å². The highest BCUT2D eigenvalue weighted by atomic mass is 19.4. The number of benzene rings is 1. The van der Waals surface area contributed by atoms with Crippen molar-refractivity contribution in [1.29, 1.82) is 0 Å². The second kappa shape index (κ2) is 7.04. The number of hydrogen-bond donors (Lipinski definition) is 1. The van der Waals surface area contributed by atoms with Crippen molar-refractivity contribution in [1.82, 2.24) is 4.90 Å². The summed E-state index contributed by atoms with van der Waals surface area (Å²) in [5.74, 6) is -0.367. The van der Waals surface area contributed by atoms with Crippen molar-refractivity contribution in [3.63, 3.8) is 0 Å². The van der Waals surface area contributed by atoms with E-state index in [-0.39, 0.29) is 12.3 Å². The zero-order valence-electron chi connectivity index (χ0n) is 12.4. The molecule has 0 aliphatic rings. The first-order chi connectivity index (χ1) is 9.65. The Balaban J connectivity index is 2.99. The molecule has 0 heterocycles. The Morgan fingerprint density at radius 1 is 1.33 bits per heavy atom. The zero-order valence-corrected chi connectivity index (χ0v) is 12.4. The van der Waals surface area contributed by atoms with E-state index in [2.05, 4.69) is 0 Å². The van der Waals surface area contributed by atoms with E-state index in [1.165, 1.54) is 6.92 Å². The molecule has 21 heavy (non-hydrogen) atoms. The van der Waals surface area contributed by atoms with Crippen LogP contribution in [0.5, 0.6) is 0 Å². The maximum Gasteiger partial charge on any atom is 0.401 e. The molecule has 0 aliphatic heterocycles. The van der Waals surface area contributed by atoms with Crippen LogP contribution in [0, 0.1) is 13.8 Å². The van der Waals surface area contributed by atoms with E-state index >= 15 is 0 Å². The topological polar surface area (TPSA) is 40.5 Å². The van der Waals surface area contributed by atoms with Crippen molar-refractivity contribution in [2.24, 2.45) is 0 Å². The number of aliphatic hydroxyl groups is 1. The van der Waals surface area contributed by atoms with Crippen molar-refractivity contribution in [2.75, 3.05) is 19.7 Å². The largest absolute Gasteiger partial charge is 0.401 e. The number of ketones is 1. The van der Waals surface area contributed by atoms with Gasteiger partial charge in [0.1, 0.15) is 0 Å². The van der Waals surface area contributed by atoms with Crippen LogP contribution in [0.2, 0.25) is 0 Å². The second-order valence-electron chi connectivity index (χ2n) is 5.17. The fraction of sp³-hybridized carbons (Fsp3) is 0.533. The minimum atomic E-state index is -4.41. The predicted molar refractivity (Wildman–Crippen MR) is 74.4 cm³/mol. The number of hydrogen-bond acceptors (Lipinski definition) is 3. The van der Waals surface area contributed by atoms with Crippen molar-refractivity contribution in [3.8, 4) is 0 Å². The highest BCUT2D eigenvalue weighted by molar-refractivity contribution is 6.01. The number of carbonyl (C=O) groups excluding carboxylic acids is 1. The number of aliphatic hydroxyl groups excluding tert-OH is 1. The average Bonchev–Trinajstić information content (AvgIpc) is 2.38. The van der Waals surface area contributed by atoms with Gasteiger partial charge in [-0.2, -0.15) is 13.2 Å². The Kier molecular flexibility index (Phi) is 5.92. The molecule has 0 aromatic heterocycles. The summed E-state index contributed by atoms with van der Waals surface area (Å²) in [5, 5.41) is 8.91. The van der Waals surface area contributed by atoms with E-state index in [4.69, 9.17) is 5.11 Å². The third kappa shape index (κ3) is 5.13. The highest BCUT2D eigenvalue weighted by Crippen LogP contribution is 2.20. The predicted octanol–water partition coefficient (Wildman–Crippen LogP) is 2.73. The van der Waals surface area contributed by atoms with Crippen molar-refractivity contribution in [2.45, 2.75) is 33.0 Å². The third-order valence-corrected chi connectivity index (χ3v) is 3.36. The number of halogens is 3. The van der Waals surface area contributed by atoms with Gasteiger partial charge in [0, 0.05) is 12.1 Å². The van der Waals surface area contributed by atoms with Gasteiger partial charge in [0.15, 0.2) is 5.78 Å². The van der Waals surface area contributed by atoms with Gasteiger partial charge in [-0.3, -0.25) is 9.69 Å². The first-order valence-corrected chi connectivity index (χ1v) is 6.69. The SMILES string of the molecule is Cc1ccc(C)c(C(=O)C(C)N(CCO)CC(F)(F)F)c1. The van der Waals surface area contributed by atoms with E-state index in [0.717, 1.165) is 16.0 Å². The molecular formula is C15H20F3NO2. The molecule has 0 bridgehead atoms. The average molecular weight is 303 g/mol. The molecule has 0 saturated carbocycles. The molecule has 0 saturated heterocycles. The fourth-order valence-corrected chi connectivity index (χ4v) is 2.16. The first-order valence-electron chi connectivity index (χ1n) is 6.69. The van der Waals surface area contributed by atoms with E-state index in [1.54, 1.807) is 19.1 Å². The van der Waals surface area contributed by atoms with Crippen LogP contribution in [0.25, 0.3) is 0 Å². The molecule has 1 aromatic rings. The Morgan fingerprint density at radius 3 is 2.48 bits per heavy atom. The van der Waals surface area contributed by atoms with E-state index in [9.17, 15) is 18.0 Å². The van der Waals surface area contributed by atoms with Crippen LogP contribution in [0.3, 0.4) is 0 Å². The maximum absolute atomic E-state index is 12.6. The zero-order chi connectivity index (χ0) is 16.2. The lowest BCUT2D eigenvalue weighted by molar-refractivity contribution is -0.149. The molecule has 118 valence electrons. The van der Waals surface area contributed by atoms with Crippen molar-refractivity contribution >= 4 is 5.78 Å². The Morgan fingerprint density at radius 2 is 1.95 bits per heavy atom. The minimum Gasteiger partial charge on any atom is -0.395 e. The Hall–Kier alpha value is -1.40. The van der Waals surface area contributed by atoms with Crippen LogP contribution in [-0.4, -0.2) is 47.7 Å². The summed E-state index contributed by atoms with van der Waals surface area (Å²) in [7, 11) is 0. The number of nitrogens with zero attached hydrogens (tertiary/aromatic N) is 1. The minimum absolute atomic E-state index is 0.197. The standard InChI is InChI=1S/C15H20F3NO2/c1-10-4-5-11(2)13(8-10)14(21)12(3)19(6-7-20)9-15(16,17)18/h4-5,8,12,20H,6-7,9H2,1-3H3. The molecule has 0 amide bonds. The van der Waals surface area contributed by atoms with Gasteiger partial charge in [-0.05, 0) is 32.4 Å². The quantitative estimate of drug-likeness (QED) is 0.822. The molecule has 0 spiro atoms. The molecule has 0 fully saturated rings. The lowest BCUT2D eigenvalue weighted by atomic mass is 9.97. The molecule has 1 atom stereocenters. The number of Topliss-reactive ketones (excluding diaryl/α,β-unsaturated/α-hetero) is 1. The summed E-state index contributed by atoms with van der Waals surface area (Å²) < 4.78 is 37.7. The summed E-state index contributed by atoms with van der Waals surface area (Å²) in [5.41, 5.74) is 2.03. The van der Waals surface area contributed by atoms with Gasteiger partial charge < -0.3 is 5.11 Å². The molecule has 1 N–H and O–H groups in total. The summed E-state index contributed by atoms with van der Waals surface area (Å²) >= 11 is 0. The molecule has 6 heteroatoms. The van der Waals surface area contributed by atoms with Crippen LogP contribution in [0.1, 0.15) is 28.4 Å². The molecule has 3 nitrogen and oxygen atoms in total. The van der Waals surface area contributed by atoms with E-state index < -0.39 is 25.4 Å². The van der Waals surface area contributed by atoms with Crippen LogP contribution in [0.15, 0.2) is 18.2 Å². The van der Waals surface area contributed by atoms with E-state index in [1.807, 2.05) is 13.0 Å². The Labute approximate surface area is 122 Å². The molecule has 0 aliphatic carbocycles. The normalized spacial score (nSPS) is 13.5. The van der Waals surface area contributed by atoms with Gasteiger partial charge in [-0.1, -0.05) is 17.7 Å². The van der Waals surface area contributed by atoms with Crippen molar-refractivity contribution in [3.05, 3.63) is 34.9 Å². The number of alkyl halides is 3. The van der Waals surface area contributed by atoms with Gasteiger partial charge in [-0.15, -0.1) is 0 Å². The van der Waals surface area contributed by atoms with Gasteiger partial charge in [0.25, 0.3) is 0 Å². The Bertz CT molecular complexity index is 500. The van der Waals surface area contributed by atoms with Crippen LogP contribution >= 0.6 is 0 Å². The van der Waals surface area contributed by atoms with E-state index in [0.29, 0.717) is 5.56 Å². The lowest BCUT2D eigenvalue weighted by Crippen LogP contribution is -2.45. The molecule has 0 radical (unpaired) electrons. The van der Waals surface area contributed by atoms with Gasteiger partial charge in [-0.25, -0.2) is 0 Å². The lowest BCUT2D eigenvalue weighted by Gasteiger charge is -2.28. The van der Waals surface area contributed by atoms with Gasteiger partial charge in [0.05, 0.1) is 19.2 Å². The molecule has 1 aromatic carbocycles. The van der Waals surface area contributed by atoms with Gasteiger partial charge >= 0.3 is 6.18 Å². The summed E-state index contributed by atoms with van der Waals surface area (Å²) in [6, 6.07) is 4.35. The molecular weight excluding hydrogens is 283 g/mol. The highest BCUT2D eigenvalue weighted by Gasteiger charge is 2.34. The number of aryl methyl sites for hydroxylation is 2. The summed E-state index contributed by atoms with van der Waals surface area (Å²) in [4.78, 5) is 13.4. The first kappa shape index (κ1) is 17.7. The number of carbonyl (C=O) groups is 1. The van der Waals surface area contributed by atoms with Crippen LogP contribution < -0.4 is 0 Å².